The van der Waals surface area contributed by atoms with Gasteiger partial charge in [-0.2, -0.15) is 0 Å². The molecule has 0 rings (SSSR count). The fraction of sp³-hybridized carbons (Fsp3) is 1.00. The van der Waals surface area contributed by atoms with Gasteiger partial charge in [0, 0.05) is 0 Å². The summed E-state index contributed by atoms with van der Waals surface area (Å²) in [5.74, 6) is 0. The molecule has 0 atom stereocenters. The molecule has 0 aliphatic heterocycles. The summed E-state index contributed by atoms with van der Waals surface area (Å²) >= 11 is 0. The van der Waals surface area contributed by atoms with Crippen LogP contribution in [0, 0.1) is 0 Å². The van der Waals surface area contributed by atoms with E-state index in [0.717, 1.165) is 13.1 Å². The predicted molar refractivity (Wildman–Crippen MR) is 48.1 cm³/mol. The van der Waals surface area contributed by atoms with Gasteiger partial charge in [-0.3, -0.25) is 0 Å². The molecule has 0 aromatic rings. The molecule has 0 saturated heterocycles. The predicted octanol–water partition coefficient (Wildman–Crippen LogP) is 0.0432. The average Bonchev–Trinajstić information content (AvgIpc) is 1.90. The van der Waals surface area contributed by atoms with Crippen molar-refractivity contribution in [1.29, 1.82) is 0 Å². The Labute approximate surface area is 66.1 Å². The molecule has 0 fully saturated rings. The van der Waals surface area contributed by atoms with Crippen LogP contribution in [-0.4, -0.2) is 51.4 Å². The second-order valence-electron chi connectivity index (χ2n) is 2.60. The Morgan fingerprint density at radius 2 is 1.60 bits per heavy atom. The van der Waals surface area contributed by atoms with Gasteiger partial charge in [0.1, 0.15) is 0 Å². The zero-order valence-electron chi connectivity index (χ0n) is 7.46. The van der Waals surface area contributed by atoms with Crippen LogP contribution in [0.15, 0.2) is 0 Å². The van der Waals surface area contributed by atoms with Crippen molar-refractivity contribution in [3.05, 3.63) is 0 Å². The molecule has 0 unspecified atom stereocenters. The third-order valence-corrected chi connectivity index (χ3v) is 1.72. The molecule has 0 aromatic heterocycles. The van der Waals surface area contributed by atoms with Crippen molar-refractivity contribution in [3.63, 3.8) is 0 Å². The topological polar surface area (TPSA) is 6.48 Å². The maximum absolute atomic E-state index is 5.83. The first-order valence-corrected chi connectivity index (χ1v) is 3.79. The SMILES string of the molecule is [B]B(N(C)C)N(CC)CC. The van der Waals surface area contributed by atoms with Crippen LogP contribution in [0.5, 0.6) is 0 Å². The first-order valence-electron chi connectivity index (χ1n) is 3.79. The molecule has 56 valence electrons. The van der Waals surface area contributed by atoms with Crippen LogP contribution in [0.25, 0.3) is 0 Å². The molecule has 0 aliphatic rings. The van der Waals surface area contributed by atoms with E-state index >= 15 is 0 Å². The van der Waals surface area contributed by atoms with Crippen molar-refractivity contribution in [2.45, 2.75) is 13.8 Å². The van der Waals surface area contributed by atoms with E-state index in [1.807, 2.05) is 18.9 Å². The van der Waals surface area contributed by atoms with Crippen LogP contribution < -0.4 is 0 Å². The Hall–Kier alpha value is 0.0499. The van der Waals surface area contributed by atoms with Gasteiger partial charge in [-0.15, -0.1) is 0 Å². The summed E-state index contributed by atoms with van der Waals surface area (Å²) in [7, 11) is 9.81. The van der Waals surface area contributed by atoms with Crippen molar-refractivity contribution in [1.82, 2.24) is 9.62 Å². The molecule has 0 heterocycles. The summed E-state index contributed by atoms with van der Waals surface area (Å²) < 4.78 is 0. The second kappa shape index (κ2) is 4.80. The molecule has 0 bridgehead atoms. The van der Waals surface area contributed by atoms with Crippen LogP contribution >= 0.6 is 0 Å². The minimum absolute atomic E-state index is 0.0648. The molecule has 0 aromatic carbocycles. The molecular weight excluding hydrogens is 122 g/mol. The molecule has 10 heavy (non-hydrogen) atoms. The van der Waals surface area contributed by atoms with Crippen LogP contribution in [0.2, 0.25) is 0 Å². The molecule has 0 spiro atoms. The summed E-state index contributed by atoms with van der Waals surface area (Å²) in [5.41, 5.74) is 0. The van der Waals surface area contributed by atoms with Crippen LogP contribution in [0.1, 0.15) is 13.8 Å². The highest BCUT2D eigenvalue weighted by Crippen LogP contribution is 1.91. The molecule has 0 amide bonds. The number of hydrogen-bond donors (Lipinski definition) is 0. The lowest BCUT2D eigenvalue weighted by molar-refractivity contribution is 0.440. The summed E-state index contributed by atoms with van der Waals surface area (Å²) in [6.45, 7) is 6.32. The number of rotatable bonds is 4. The highest BCUT2D eigenvalue weighted by Gasteiger charge is 2.15. The van der Waals surface area contributed by atoms with E-state index in [0.29, 0.717) is 0 Å². The lowest BCUT2D eigenvalue weighted by atomic mass is 9.50. The summed E-state index contributed by atoms with van der Waals surface area (Å²) in [4.78, 5) is 4.20. The quantitative estimate of drug-likeness (QED) is 0.506. The van der Waals surface area contributed by atoms with Gasteiger partial charge >= 0.3 is 0 Å². The average molecular weight is 138 g/mol. The molecule has 0 saturated carbocycles. The van der Waals surface area contributed by atoms with E-state index in [1.165, 1.54) is 0 Å². The van der Waals surface area contributed by atoms with E-state index in [4.69, 9.17) is 7.74 Å². The van der Waals surface area contributed by atoms with E-state index in [9.17, 15) is 0 Å². The fourth-order valence-corrected chi connectivity index (χ4v) is 0.924. The lowest BCUT2D eigenvalue weighted by Crippen LogP contribution is -2.50. The van der Waals surface area contributed by atoms with Crippen molar-refractivity contribution in [3.8, 4) is 0 Å². The first-order chi connectivity index (χ1) is 4.63. The van der Waals surface area contributed by atoms with Crippen LogP contribution in [-0.2, 0) is 0 Å². The zero-order chi connectivity index (χ0) is 8.15. The molecule has 0 aliphatic carbocycles. The Balaban J connectivity index is 3.76. The fourth-order valence-electron chi connectivity index (χ4n) is 0.924. The summed E-state index contributed by atoms with van der Waals surface area (Å²) in [5, 5.41) is 0. The standard InChI is InChI=1S/C6H16B2N2/c1-5-10(6-2)8(7)9(3)4/h5-6H2,1-4H3. The molecular formula is C6H16B2N2. The Kier molecular flexibility index (Phi) is 4.83. The maximum Gasteiger partial charge on any atom is 0.249 e. The third kappa shape index (κ3) is 2.76. The minimum Gasteiger partial charge on any atom is -0.341 e. The van der Waals surface area contributed by atoms with Crippen LogP contribution in [0.3, 0.4) is 0 Å². The van der Waals surface area contributed by atoms with Crippen LogP contribution in [0.4, 0.5) is 0 Å². The van der Waals surface area contributed by atoms with E-state index in [-0.39, 0.29) is 6.87 Å². The summed E-state index contributed by atoms with van der Waals surface area (Å²) in [6.07, 6.45) is 0. The van der Waals surface area contributed by atoms with Gasteiger partial charge in [0.15, 0.2) is 0 Å². The molecule has 2 radical (unpaired) electrons. The van der Waals surface area contributed by atoms with Crippen molar-refractivity contribution >= 4 is 14.6 Å². The molecule has 4 heteroatoms. The molecule has 2 nitrogen and oxygen atoms in total. The normalized spacial score (nSPS) is 11.0. The molecule has 0 N–H and O–H groups in total. The largest absolute Gasteiger partial charge is 0.341 e. The minimum atomic E-state index is 0.0648. The Morgan fingerprint density at radius 1 is 1.20 bits per heavy atom. The summed E-state index contributed by atoms with van der Waals surface area (Å²) in [6, 6.07) is 0. The van der Waals surface area contributed by atoms with Gasteiger partial charge in [-0.1, -0.05) is 13.8 Å². The smallest absolute Gasteiger partial charge is 0.249 e. The van der Waals surface area contributed by atoms with Crippen molar-refractivity contribution in [2.75, 3.05) is 27.2 Å². The van der Waals surface area contributed by atoms with Gasteiger partial charge < -0.3 is 9.62 Å². The van der Waals surface area contributed by atoms with Gasteiger partial charge in [0.25, 0.3) is 0 Å². The Morgan fingerprint density at radius 3 is 1.70 bits per heavy atom. The second-order valence-corrected chi connectivity index (χ2v) is 2.60. The lowest BCUT2D eigenvalue weighted by Gasteiger charge is -2.29. The van der Waals surface area contributed by atoms with Crippen molar-refractivity contribution < 1.29 is 0 Å². The number of nitrogens with zero attached hydrogens (tertiary/aromatic N) is 2. The van der Waals surface area contributed by atoms with Gasteiger partial charge in [-0.05, 0) is 27.2 Å². The van der Waals surface area contributed by atoms with Gasteiger partial charge in [0.05, 0.1) is 7.74 Å². The van der Waals surface area contributed by atoms with Gasteiger partial charge in [-0.25, -0.2) is 0 Å². The number of hydrogen-bond acceptors (Lipinski definition) is 2. The Bertz CT molecular complexity index is 83.8. The highest BCUT2D eigenvalue weighted by molar-refractivity contribution is 6.99. The maximum atomic E-state index is 5.83. The first kappa shape index (κ1) is 10.0. The van der Waals surface area contributed by atoms with E-state index in [1.54, 1.807) is 0 Å². The van der Waals surface area contributed by atoms with E-state index in [2.05, 4.69) is 18.7 Å². The third-order valence-electron chi connectivity index (χ3n) is 1.72. The monoisotopic (exact) mass is 138 g/mol. The van der Waals surface area contributed by atoms with E-state index < -0.39 is 0 Å². The highest BCUT2D eigenvalue weighted by atomic mass is 15.2. The van der Waals surface area contributed by atoms with Gasteiger partial charge in [0.2, 0.25) is 6.87 Å². The zero-order valence-corrected chi connectivity index (χ0v) is 7.46. The van der Waals surface area contributed by atoms with Crippen molar-refractivity contribution in [2.24, 2.45) is 0 Å².